The summed E-state index contributed by atoms with van der Waals surface area (Å²) < 4.78 is 0. The van der Waals surface area contributed by atoms with Crippen LogP contribution < -0.4 is 10.2 Å². The second-order valence-corrected chi connectivity index (χ2v) is 7.13. The van der Waals surface area contributed by atoms with Crippen molar-refractivity contribution in [2.75, 3.05) is 42.9 Å². The Morgan fingerprint density at radius 3 is 2.35 bits per heavy atom. The van der Waals surface area contributed by atoms with Crippen molar-refractivity contribution in [1.82, 2.24) is 4.90 Å². The van der Waals surface area contributed by atoms with Crippen LogP contribution in [0.1, 0.15) is 23.1 Å². The first-order valence-corrected chi connectivity index (χ1v) is 9.44. The molecule has 0 saturated carbocycles. The van der Waals surface area contributed by atoms with E-state index in [4.69, 9.17) is 0 Å². The molecule has 1 fully saturated rings. The summed E-state index contributed by atoms with van der Waals surface area (Å²) in [5.74, 6) is 0.241. The van der Waals surface area contributed by atoms with E-state index in [1.807, 2.05) is 4.90 Å². The minimum atomic E-state index is 0.241. The van der Waals surface area contributed by atoms with Gasteiger partial charge in [0.1, 0.15) is 0 Å². The van der Waals surface area contributed by atoms with Crippen molar-refractivity contribution in [1.29, 1.82) is 0 Å². The molecule has 4 nitrogen and oxygen atoms in total. The summed E-state index contributed by atoms with van der Waals surface area (Å²) in [6, 6.07) is 14.7. The Labute approximate surface area is 156 Å². The molecule has 26 heavy (non-hydrogen) atoms. The topological polar surface area (TPSA) is 35.6 Å². The van der Waals surface area contributed by atoms with E-state index in [1.165, 1.54) is 22.4 Å². The fourth-order valence-corrected chi connectivity index (χ4v) is 3.42. The van der Waals surface area contributed by atoms with E-state index in [0.717, 1.165) is 31.9 Å². The van der Waals surface area contributed by atoms with Crippen LogP contribution in [0.2, 0.25) is 0 Å². The number of carbonyl (C=O) groups excluding carboxylic acids is 1. The van der Waals surface area contributed by atoms with Gasteiger partial charge in [0.15, 0.2) is 0 Å². The Morgan fingerprint density at radius 2 is 1.65 bits per heavy atom. The largest absolute Gasteiger partial charge is 0.385 e. The molecule has 1 aliphatic rings. The molecule has 2 aromatic carbocycles. The first kappa shape index (κ1) is 18.3. The molecule has 0 bridgehead atoms. The van der Waals surface area contributed by atoms with Crippen LogP contribution in [0.4, 0.5) is 11.4 Å². The lowest BCUT2D eigenvalue weighted by molar-refractivity contribution is -0.131. The van der Waals surface area contributed by atoms with Crippen LogP contribution in [0.15, 0.2) is 42.5 Å². The third-order valence-corrected chi connectivity index (χ3v) is 5.27. The molecule has 1 saturated heterocycles. The summed E-state index contributed by atoms with van der Waals surface area (Å²) in [7, 11) is 0. The van der Waals surface area contributed by atoms with Crippen LogP contribution in [0.25, 0.3) is 0 Å². The van der Waals surface area contributed by atoms with Crippen LogP contribution in [0, 0.1) is 20.8 Å². The van der Waals surface area contributed by atoms with Crippen LogP contribution in [-0.4, -0.2) is 43.5 Å². The highest BCUT2D eigenvalue weighted by Gasteiger charge is 2.21. The molecule has 1 heterocycles. The number of carbonyl (C=O) groups is 1. The number of nitrogens with zero attached hydrogens (tertiary/aromatic N) is 2. The number of amides is 1. The van der Waals surface area contributed by atoms with Crippen molar-refractivity contribution in [3.05, 3.63) is 59.2 Å². The Bertz CT molecular complexity index is 746. The van der Waals surface area contributed by atoms with Crippen LogP contribution in [-0.2, 0) is 4.79 Å². The van der Waals surface area contributed by atoms with Gasteiger partial charge < -0.3 is 15.1 Å². The standard InChI is InChI=1S/C22H29N3O/c1-17-7-9-20(10-8-17)23-12-11-22(26)25-15-13-24(14-16-25)21-6-4-5-18(2)19(21)3/h4-10,23H,11-16H2,1-3H3. The molecule has 3 rings (SSSR count). The van der Waals surface area contributed by atoms with Crippen LogP contribution in [0.5, 0.6) is 0 Å². The molecule has 2 aromatic rings. The number of aryl methyl sites for hydroxylation is 2. The van der Waals surface area contributed by atoms with Gasteiger partial charge in [0, 0.05) is 50.5 Å². The molecule has 0 unspecified atom stereocenters. The average Bonchev–Trinajstić information content (AvgIpc) is 2.66. The smallest absolute Gasteiger partial charge is 0.224 e. The van der Waals surface area contributed by atoms with E-state index in [0.29, 0.717) is 13.0 Å². The number of nitrogens with one attached hydrogen (secondary N) is 1. The third kappa shape index (κ3) is 4.37. The second kappa shape index (κ2) is 8.26. The van der Waals surface area contributed by atoms with Gasteiger partial charge >= 0.3 is 0 Å². The SMILES string of the molecule is Cc1ccc(NCCC(=O)N2CCN(c3cccc(C)c3C)CC2)cc1. The van der Waals surface area contributed by atoms with Gasteiger partial charge in [0.25, 0.3) is 0 Å². The maximum Gasteiger partial charge on any atom is 0.224 e. The minimum absolute atomic E-state index is 0.241. The first-order valence-electron chi connectivity index (χ1n) is 9.44. The quantitative estimate of drug-likeness (QED) is 0.891. The number of hydrogen-bond acceptors (Lipinski definition) is 3. The van der Waals surface area contributed by atoms with Gasteiger partial charge in [0.2, 0.25) is 5.91 Å². The van der Waals surface area contributed by atoms with E-state index in [9.17, 15) is 4.79 Å². The van der Waals surface area contributed by atoms with Crippen molar-refractivity contribution in [3.63, 3.8) is 0 Å². The lowest BCUT2D eigenvalue weighted by Crippen LogP contribution is -2.49. The summed E-state index contributed by atoms with van der Waals surface area (Å²) >= 11 is 0. The zero-order valence-electron chi connectivity index (χ0n) is 16.1. The molecular weight excluding hydrogens is 322 g/mol. The normalized spacial score (nSPS) is 14.4. The lowest BCUT2D eigenvalue weighted by Gasteiger charge is -2.37. The third-order valence-electron chi connectivity index (χ3n) is 5.27. The van der Waals surface area contributed by atoms with Crippen molar-refractivity contribution < 1.29 is 4.79 Å². The van der Waals surface area contributed by atoms with Crippen molar-refractivity contribution in [2.24, 2.45) is 0 Å². The van der Waals surface area contributed by atoms with E-state index in [2.05, 4.69) is 73.5 Å². The summed E-state index contributed by atoms with van der Waals surface area (Å²) in [5.41, 5.74) is 6.28. The van der Waals surface area contributed by atoms with Gasteiger partial charge in [-0.2, -0.15) is 0 Å². The maximum atomic E-state index is 12.5. The van der Waals surface area contributed by atoms with Gasteiger partial charge in [-0.1, -0.05) is 29.8 Å². The van der Waals surface area contributed by atoms with Crippen molar-refractivity contribution >= 4 is 17.3 Å². The zero-order valence-corrected chi connectivity index (χ0v) is 16.1. The zero-order chi connectivity index (χ0) is 18.5. The molecule has 1 N–H and O–H groups in total. The number of rotatable bonds is 5. The molecule has 0 radical (unpaired) electrons. The highest BCUT2D eigenvalue weighted by molar-refractivity contribution is 5.77. The fraction of sp³-hybridized carbons (Fsp3) is 0.409. The number of anilines is 2. The summed E-state index contributed by atoms with van der Waals surface area (Å²) in [5, 5.41) is 3.33. The first-order chi connectivity index (χ1) is 12.5. The summed E-state index contributed by atoms with van der Waals surface area (Å²) in [4.78, 5) is 16.9. The molecular formula is C22H29N3O. The molecule has 138 valence electrons. The average molecular weight is 351 g/mol. The lowest BCUT2D eigenvalue weighted by atomic mass is 10.1. The van der Waals surface area contributed by atoms with E-state index in [1.54, 1.807) is 0 Å². The summed E-state index contributed by atoms with van der Waals surface area (Å²) in [6.45, 7) is 10.5. The maximum absolute atomic E-state index is 12.5. The predicted molar refractivity (Wildman–Crippen MR) is 109 cm³/mol. The Hall–Kier alpha value is -2.49. The van der Waals surface area contributed by atoms with E-state index < -0.39 is 0 Å². The molecule has 0 aliphatic carbocycles. The van der Waals surface area contributed by atoms with Gasteiger partial charge in [-0.25, -0.2) is 0 Å². The Balaban J connectivity index is 1.46. The molecule has 1 amide bonds. The molecule has 0 atom stereocenters. The fourth-order valence-electron chi connectivity index (χ4n) is 3.42. The molecule has 1 aliphatic heterocycles. The highest BCUT2D eigenvalue weighted by Crippen LogP contribution is 2.24. The summed E-state index contributed by atoms with van der Waals surface area (Å²) in [6.07, 6.45) is 0.539. The Morgan fingerprint density at radius 1 is 0.962 bits per heavy atom. The van der Waals surface area contributed by atoms with Crippen molar-refractivity contribution in [3.8, 4) is 0 Å². The molecule has 4 heteroatoms. The second-order valence-electron chi connectivity index (χ2n) is 7.13. The van der Waals surface area contributed by atoms with Crippen LogP contribution >= 0.6 is 0 Å². The highest BCUT2D eigenvalue weighted by atomic mass is 16.2. The Kier molecular flexibility index (Phi) is 5.82. The van der Waals surface area contributed by atoms with Gasteiger partial charge in [-0.3, -0.25) is 4.79 Å². The van der Waals surface area contributed by atoms with Gasteiger partial charge in [-0.15, -0.1) is 0 Å². The number of piperazine rings is 1. The number of benzene rings is 2. The predicted octanol–water partition coefficient (Wildman–Crippen LogP) is 3.76. The molecule has 0 spiro atoms. The van der Waals surface area contributed by atoms with Gasteiger partial charge in [0.05, 0.1) is 0 Å². The van der Waals surface area contributed by atoms with Gasteiger partial charge in [-0.05, 0) is 50.1 Å². The van der Waals surface area contributed by atoms with Crippen molar-refractivity contribution in [2.45, 2.75) is 27.2 Å². The van der Waals surface area contributed by atoms with Crippen LogP contribution in [0.3, 0.4) is 0 Å². The molecule has 0 aromatic heterocycles. The van der Waals surface area contributed by atoms with E-state index >= 15 is 0 Å². The minimum Gasteiger partial charge on any atom is -0.385 e. The monoisotopic (exact) mass is 351 g/mol. The number of hydrogen-bond donors (Lipinski definition) is 1. The van der Waals surface area contributed by atoms with E-state index in [-0.39, 0.29) is 5.91 Å².